The molecule has 1 saturated carbocycles. The van der Waals surface area contributed by atoms with Gasteiger partial charge in [0, 0.05) is 17.6 Å². The molecule has 0 radical (unpaired) electrons. The van der Waals surface area contributed by atoms with Crippen molar-refractivity contribution in [2.24, 2.45) is 0 Å². The zero-order chi connectivity index (χ0) is 30.3. The number of amides is 2. The molecular weight excluding hydrogens is 593 g/mol. The zero-order valence-electron chi connectivity index (χ0n) is 23.9. The molecular formula is C32H37Cl2N3O4S. The molecule has 0 bridgehead atoms. The highest BCUT2D eigenvalue weighted by Crippen LogP contribution is 2.33. The number of carbonyl (C=O) groups excluding carboxylic acids is 2. The maximum atomic E-state index is 14.2. The van der Waals surface area contributed by atoms with Crippen molar-refractivity contribution in [3.8, 4) is 0 Å². The predicted octanol–water partition coefficient (Wildman–Crippen LogP) is 6.75. The van der Waals surface area contributed by atoms with Crippen LogP contribution in [0, 0.1) is 6.92 Å². The first-order chi connectivity index (χ1) is 20.1. The van der Waals surface area contributed by atoms with Crippen LogP contribution in [0.5, 0.6) is 0 Å². The number of sulfonamides is 1. The minimum Gasteiger partial charge on any atom is -0.352 e. The lowest BCUT2D eigenvalue weighted by atomic mass is 9.95. The SMILES string of the molecule is CC[C@H](C(=O)NC1CCCCC1)N(Cc1ccc(C)cc1)C(=O)CN(c1cc(Cl)ccc1Cl)S(=O)(=O)c1ccccc1. The van der Waals surface area contributed by atoms with Gasteiger partial charge >= 0.3 is 0 Å². The Morgan fingerprint density at radius 1 is 0.952 bits per heavy atom. The normalized spacial score (nSPS) is 14.7. The van der Waals surface area contributed by atoms with Crippen molar-refractivity contribution >= 4 is 50.7 Å². The van der Waals surface area contributed by atoms with Gasteiger partial charge in [0.2, 0.25) is 11.8 Å². The van der Waals surface area contributed by atoms with E-state index in [0.717, 1.165) is 47.5 Å². The molecule has 3 aromatic rings. The van der Waals surface area contributed by atoms with Crippen molar-refractivity contribution in [2.45, 2.75) is 75.9 Å². The van der Waals surface area contributed by atoms with Crippen molar-refractivity contribution in [1.29, 1.82) is 0 Å². The molecule has 3 aromatic carbocycles. The fourth-order valence-electron chi connectivity index (χ4n) is 5.26. The van der Waals surface area contributed by atoms with Gasteiger partial charge in [-0.2, -0.15) is 0 Å². The Morgan fingerprint density at radius 2 is 1.62 bits per heavy atom. The number of rotatable bonds is 11. The van der Waals surface area contributed by atoms with E-state index < -0.39 is 28.5 Å². The van der Waals surface area contributed by atoms with Crippen LogP contribution in [0.4, 0.5) is 5.69 Å². The van der Waals surface area contributed by atoms with Gasteiger partial charge in [0.25, 0.3) is 10.0 Å². The van der Waals surface area contributed by atoms with E-state index in [0.29, 0.717) is 6.42 Å². The summed E-state index contributed by atoms with van der Waals surface area (Å²) in [5.74, 6) is -0.764. The first-order valence-electron chi connectivity index (χ1n) is 14.3. The third kappa shape index (κ3) is 7.85. The second kappa shape index (κ2) is 14.4. The van der Waals surface area contributed by atoms with Gasteiger partial charge in [0.15, 0.2) is 0 Å². The van der Waals surface area contributed by atoms with E-state index >= 15 is 0 Å². The molecule has 0 aliphatic heterocycles. The van der Waals surface area contributed by atoms with E-state index in [1.165, 1.54) is 29.2 Å². The van der Waals surface area contributed by atoms with Gasteiger partial charge in [-0.3, -0.25) is 13.9 Å². The third-order valence-corrected chi connectivity index (χ3v) is 9.93. The van der Waals surface area contributed by atoms with E-state index in [2.05, 4.69) is 5.32 Å². The van der Waals surface area contributed by atoms with Crippen molar-refractivity contribution in [3.63, 3.8) is 0 Å². The summed E-state index contributed by atoms with van der Waals surface area (Å²) < 4.78 is 28.9. The van der Waals surface area contributed by atoms with Crippen molar-refractivity contribution in [2.75, 3.05) is 10.8 Å². The molecule has 1 aliphatic carbocycles. The summed E-state index contributed by atoms with van der Waals surface area (Å²) in [5, 5.41) is 3.55. The van der Waals surface area contributed by atoms with Gasteiger partial charge in [-0.1, -0.05) is 97.4 Å². The highest BCUT2D eigenvalue weighted by atomic mass is 35.5. The smallest absolute Gasteiger partial charge is 0.264 e. The third-order valence-electron chi connectivity index (χ3n) is 7.60. The molecule has 1 fully saturated rings. The van der Waals surface area contributed by atoms with Crippen molar-refractivity contribution in [3.05, 3.63) is 94.0 Å². The lowest BCUT2D eigenvalue weighted by Gasteiger charge is -2.34. The first-order valence-corrected chi connectivity index (χ1v) is 16.5. The summed E-state index contributed by atoms with van der Waals surface area (Å²) in [6, 6.07) is 19.3. The predicted molar refractivity (Wildman–Crippen MR) is 168 cm³/mol. The Morgan fingerprint density at radius 3 is 2.26 bits per heavy atom. The van der Waals surface area contributed by atoms with Crippen LogP contribution in [0.3, 0.4) is 0 Å². The summed E-state index contributed by atoms with van der Waals surface area (Å²) in [5.41, 5.74) is 1.97. The van der Waals surface area contributed by atoms with Gasteiger partial charge < -0.3 is 10.2 Å². The summed E-state index contributed by atoms with van der Waals surface area (Å²) in [4.78, 5) is 29.3. The lowest BCUT2D eigenvalue weighted by Crippen LogP contribution is -2.54. The van der Waals surface area contributed by atoms with E-state index in [1.807, 2.05) is 38.1 Å². The number of nitrogens with zero attached hydrogens (tertiary/aromatic N) is 2. The number of halogens is 2. The van der Waals surface area contributed by atoms with Gasteiger partial charge in [-0.15, -0.1) is 0 Å². The Kier molecular flexibility index (Phi) is 10.9. The molecule has 0 spiro atoms. The number of aryl methyl sites for hydroxylation is 1. The molecule has 42 heavy (non-hydrogen) atoms. The van der Waals surface area contributed by atoms with Crippen LogP contribution >= 0.6 is 23.2 Å². The first kappa shape index (κ1) is 31.9. The van der Waals surface area contributed by atoms with E-state index in [1.54, 1.807) is 24.3 Å². The minimum atomic E-state index is -4.23. The molecule has 4 rings (SSSR count). The molecule has 224 valence electrons. The molecule has 10 heteroatoms. The Labute approximate surface area is 258 Å². The maximum Gasteiger partial charge on any atom is 0.264 e. The topological polar surface area (TPSA) is 86.8 Å². The Balaban J connectivity index is 1.72. The standard InChI is InChI=1S/C32H37Cl2N3O4S/c1-3-29(32(39)35-26-10-6-4-7-11-26)36(21-24-16-14-23(2)15-17-24)31(38)22-37(30-20-25(33)18-19-28(30)34)42(40,41)27-12-8-5-9-13-27/h5,8-9,12-20,26,29H,3-4,6-7,10-11,21-22H2,1-2H3,(H,35,39)/t29-/m1/s1. The molecule has 0 heterocycles. The number of hydrogen-bond donors (Lipinski definition) is 1. The van der Waals surface area contributed by atoms with E-state index in [4.69, 9.17) is 23.2 Å². The fraction of sp³-hybridized carbons (Fsp3) is 0.375. The monoisotopic (exact) mass is 629 g/mol. The van der Waals surface area contributed by atoms with Crippen LogP contribution in [-0.2, 0) is 26.2 Å². The van der Waals surface area contributed by atoms with Crippen molar-refractivity contribution in [1.82, 2.24) is 10.2 Å². The molecule has 1 aliphatic rings. The lowest BCUT2D eigenvalue weighted by molar-refractivity contribution is -0.140. The van der Waals surface area contributed by atoms with Crippen LogP contribution < -0.4 is 9.62 Å². The minimum absolute atomic E-state index is 0.000935. The maximum absolute atomic E-state index is 14.2. The van der Waals surface area contributed by atoms with Crippen LogP contribution in [-0.4, -0.2) is 43.8 Å². The van der Waals surface area contributed by atoms with E-state index in [-0.39, 0.29) is 39.1 Å². The molecule has 7 nitrogen and oxygen atoms in total. The largest absolute Gasteiger partial charge is 0.352 e. The summed E-state index contributed by atoms with van der Waals surface area (Å²) in [7, 11) is -4.23. The number of hydrogen-bond acceptors (Lipinski definition) is 4. The summed E-state index contributed by atoms with van der Waals surface area (Å²) >= 11 is 12.7. The highest BCUT2D eigenvalue weighted by molar-refractivity contribution is 7.92. The van der Waals surface area contributed by atoms with E-state index in [9.17, 15) is 18.0 Å². The number of carbonyl (C=O) groups is 2. The summed E-state index contributed by atoms with van der Waals surface area (Å²) in [6.07, 6.45) is 5.44. The van der Waals surface area contributed by atoms with Gasteiger partial charge in [0.1, 0.15) is 12.6 Å². The second-order valence-corrected chi connectivity index (χ2v) is 13.4. The van der Waals surface area contributed by atoms with Crippen LogP contribution in [0.1, 0.15) is 56.6 Å². The van der Waals surface area contributed by atoms with Crippen LogP contribution in [0.2, 0.25) is 10.0 Å². The van der Waals surface area contributed by atoms with Crippen LogP contribution in [0.15, 0.2) is 77.7 Å². The molecule has 1 atom stereocenters. The molecule has 0 unspecified atom stereocenters. The van der Waals surface area contributed by atoms with Crippen molar-refractivity contribution < 1.29 is 18.0 Å². The second-order valence-electron chi connectivity index (χ2n) is 10.7. The quantitative estimate of drug-likeness (QED) is 0.254. The van der Waals surface area contributed by atoms with Gasteiger partial charge in [-0.25, -0.2) is 8.42 Å². The van der Waals surface area contributed by atoms with Crippen LogP contribution in [0.25, 0.3) is 0 Å². The molecule has 2 amide bonds. The average Bonchev–Trinajstić information content (AvgIpc) is 2.99. The Bertz CT molecular complexity index is 1480. The molecule has 1 N–H and O–H groups in total. The Hall–Kier alpha value is -3.07. The highest BCUT2D eigenvalue weighted by Gasteiger charge is 2.35. The average molecular weight is 631 g/mol. The molecule has 0 aromatic heterocycles. The zero-order valence-corrected chi connectivity index (χ0v) is 26.3. The number of benzene rings is 3. The summed E-state index contributed by atoms with van der Waals surface area (Å²) in [6.45, 7) is 3.39. The number of nitrogens with one attached hydrogen (secondary N) is 1. The fourth-order valence-corrected chi connectivity index (χ4v) is 7.15. The van der Waals surface area contributed by atoms with Gasteiger partial charge in [0.05, 0.1) is 15.6 Å². The van der Waals surface area contributed by atoms with Gasteiger partial charge in [-0.05, 0) is 62.1 Å². The molecule has 0 saturated heterocycles. The number of anilines is 1.